The van der Waals surface area contributed by atoms with Gasteiger partial charge in [0, 0.05) is 5.69 Å². The summed E-state index contributed by atoms with van der Waals surface area (Å²) in [6.45, 7) is 3.64. The number of aromatic nitrogens is 1. The summed E-state index contributed by atoms with van der Waals surface area (Å²) in [5.41, 5.74) is 4.12. The Bertz CT molecular complexity index is 664. The molecule has 0 aliphatic rings. The molecule has 1 atom stereocenters. The number of anilines is 1. The Kier molecular flexibility index (Phi) is 5.27. The second-order valence-corrected chi connectivity index (χ2v) is 5.90. The van der Waals surface area contributed by atoms with Crippen LogP contribution in [0, 0.1) is 12.8 Å². The summed E-state index contributed by atoms with van der Waals surface area (Å²) < 4.78 is 4.71. The van der Waals surface area contributed by atoms with Gasteiger partial charge in [-0.3, -0.25) is 9.59 Å². The van der Waals surface area contributed by atoms with Gasteiger partial charge in [0.1, 0.15) is 4.88 Å². The number of nitrogens with one attached hydrogen (secondary N) is 1. The van der Waals surface area contributed by atoms with Crippen LogP contribution < -0.4 is 5.32 Å². The third-order valence-corrected chi connectivity index (χ3v) is 4.24. The van der Waals surface area contributed by atoms with Gasteiger partial charge >= 0.3 is 5.97 Å². The van der Waals surface area contributed by atoms with Gasteiger partial charge in [0.25, 0.3) is 5.91 Å². The predicted molar refractivity (Wildman–Crippen MR) is 86.1 cm³/mol. The number of aryl methyl sites for hydroxylation is 1. The van der Waals surface area contributed by atoms with Gasteiger partial charge in [0.15, 0.2) is 0 Å². The number of carbonyl (C=O) groups is 2. The van der Waals surface area contributed by atoms with E-state index in [-0.39, 0.29) is 17.8 Å². The molecule has 6 heteroatoms. The van der Waals surface area contributed by atoms with Gasteiger partial charge in [-0.25, -0.2) is 4.98 Å². The Labute approximate surface area is 133 Å². The number of carbonyl (C=O) groups excluding carboxylic acids is 2. The highest BCUT2D eigenvalue weighted by atomic mass is 32.1. The van der Waals surface area contributed by atoms with Crippen molar-refractivity contribution in [1.29, 1.82) is 0 Å². The van der Waals surface area contributed by atoms with Gasteiger partial charge in [-0.1, -0.05) is 19.1 Å². The van der Waals surface area contributed by atoms with Crippen LogP contribution in [-0.4, -0.2) is 24.0 Å². The average molecular weight is 318 g/mol. The monoisotopic (exact) mass is 318 g/mol. The van der Waals surface area contributed by atoms with E-state index in [4.69, 9.17) is 4.74 Å². The zero-order valence-electron chi connectivity index (χ0n) is 12.8. The molecule has 1 unspecified atom stereocenters. The molecule has 1 amide bonds. The van der Waals surface area contributed by atoms with Crippen LogP contribution in [0.15, 0.2) is 29.8 Å². The Morgan fingerprint density at radius 1 is 1.32 bits per heavy atom. The largest absolute Gasteiger partial charge is 0.469 e. The quantitative estimate of drug-likeness (QED) is 0.860. The molecule has 2 rings (SSSR count). The molecule has 0 saturated heterocycles. The van der Waals surface area contributed by atoms with E-state index < -0.39 is 0 Å². The number of esters is 1. The molecule has 116 valence electrons. The van der Waals surface area contributed by atoms with Crippen LogP contribution in [0.2, 0.25) is 0 Å². The Morgan fingerprint density at radius 3 is 2.55 bits per heavy atom. The third kappa shape index (κ3) is 3.92. The third-order valence-electron chi connectivity index (χ3n) is 3.31. The molecule has 1 aromatic carbocycles. The molecule has 0 spiro atoms. The molecule has 0 bridgehead atoms. The normalized spacial score (nSPS) is 11.8. The van der Waals surface area contributed by atoms with Crippen LogP contribution in [0.3, 0.4) is 0 Å². The summed E-state index contributed by atoms with van der Waals surface area (Å²) in [6, 6.07) is 7.45. The molecule has 22 heavy (non-hydrogen) atoms. The summed E-state index contributed by atoms with van der Waals surface area (Å²) in [6.07, 6.45) is 0.606. The molecule has 0 aliphatic heterocycles. The van der Waals surface area contributed by atoms with Crippen molar-refractivity contribution in [3.05, 3.63) is 45.9 Å². The maximum atomic E-state index is 12.1. The fraction of sp³-hybridized carbons (Fsp3) is 0.312. The lowest BCUT2D eigenvalue weighted by Crippen LogP contribution is -2.15. The van der Waals surface area contributed by atoms with Crippen LogP contribution in [-0.2, 0) is 16.0 Å². The van der Waals surface area contributed by atoms with E-state index in [1.165, 1.54) is 18.4 Å². The summed E-state index contributed by atoms with van der Waals surface area (Å²) in [5.74, 6) is -0.570. The van der Waals surface area contributed by atoms with Gasteiger partial charge in [0.05, 0.1) is 24.2 Å². The summed E-state index contributed by atoms with van der Waals surface area (Å²) in [7, 11) is 1.39. The first-order valence-electron chi connectivity index (χ1n) is 6.89. The molecule has 5 nitrogen and oxygen atoms in total. The molecule has 1 N–H and O–H groups in total. The molecule has 0 saturated carbocycles. The van der Waals surface area contributed by atoms with E-state index in [2.05, 4.69) is 10.3 Å². The highest BCUT2D eigenvalue weighted by molar-refractivity contribution is 7.12. The predicted octanol–water partition coefficient (Wildman–Crippen LogP) is 3.06. The first kappa shape index (κ1) is 16.2. The van der Waals surface area contributed by atoms with Crippen molar-refractivity contribution in [2.24, 2.45) is 5.92 Å². The molecule has 0 fully saturated rings. The Morgan fingerprint density at radius 2 is 2.00 bits per heavy atom. The molecular formula is C16H18N2O3S. The lowest BCUT2D eigenvalue weighted by molar-refractivity contribution is -0.144. The Balaban J connectivity index is 1.99. The van der Waals surface area contributed by atoms with Gasteiger partial charge in [-0.05, 0) is 31.0 Å². The first-order chi connectivity index (χ1) is 10.5. The second kappa shape index (κ2) is 7.17. The van der Waals surface area contributed by atoms with E-state index >= 15 is 0 Å². The molecule has 2 aromatic rings. The molecule has 0 aliphatic carbocycles. The minimum Gasteiger partial charge on any atom is -0.469 e. The van der Waals surface area contributed by atoms with Crippen LogP contribution in [0.5, 0.6) is 0 Å². The van der Waals surface area contributed by atoms with E-state index in [0.717, 1.165) is 11.3 Å². The maximum absolute atomic E-state index is 12.1. The van der Waals surface area contributed by atoms with Crippen molar-refractivity contribution in [2.45, 2.75) is 20.3 Å². The van der Waals surface area contributed by atoms with Crippen LogP contribution >= 0.6 is 11.3 Å². The zero-order chi connectivity index (χ0) is 16.1. The van der Waals surface area contributed by atoms with Crippen LogP contribution in [0.4, 0.5) is 5.69 Å². The number of thiazole rings is 1. The van der Waals surface area contributed by atoms with Crippen molar-refractivity contribution < 1.29 is 14.3 Å². The van der Waals surface area contributed by atoms with Gasteiger partial charge in [-0.2, -0.15) is 0 Å². The van der Waals surface area contributed by atoms with Crippen LogP contribution in [0.25, 0.3) is 0 Å². The van der Waals surface area contributed by atoms with Crippen molar-refractivity contribution in [3.63, 3.8) is 0 Å². The second-order valence-electron chi connectivity index (χ2n) is 5.05. The SMILES string of the molecule is COC(=O)C(C)Cc1ccc(NC(=O)c2scnc2C)cc1. The fourth-order valence-corrected chi connectivity index (χ4v) is 2.77. The van der Waals surface area contributed by atoms with E-state index in [1.807, 2.05) is 38.1 Å². The highest BCUT2D eigenvalue weighted by Gasteiger charge is 2.14. The number of methoxy groups -OCH3 is 1. The van der Waals surface area contributed by atoms with Gasteiger partial charge in [-0.15, -0.1) is 11.3 Å². The number of benzene rings is 1. The lowest BCUT2D eigenvalue weighted by Gasteiger charge is -2.10. The topological polar surface area (TPSA) is 68.3 Å². The van der Waals surface area contributed by atoms with Crippen molar-refractivity contribution in [3.8, 4) is 0 Å². The van der Waals surface area contributed by atoms with Crippen molar-refractivity contribution in [1.82, 2.24) is 4.98 Å². The summed E-state index contributed by atoms with van der Waals surface area (Å²) >= 11 is 1.32. The number of hydrogen-bond acceptors (Lipinski definition) is 5. The van der Waals surface area contributed by atoms with Crippen molar-refractivity contribution in [2.75, 3.05) is 12.4 Å². The molecule has 0 radical (unpaired) electrons. The smallest absolute Gasteiger partial charge is 0.308 e. The van der Waals surface area contributed by atoms with Gasteiger partial charge in [0.2, 0.25) is 0 Å². The molecule has 1 aromatic heterocycles. The van der Waals surface area contributed by atoms with E-state index in [0.29, 0.717) is 17.0 Å². The first-order valence-corrected chi connectivity index (χ1v) is 7.77. The molecule has 1 heterocycles. The van der Waals surface area contributed by atoms with Gasteiger partial charge < -0.3 is 10.1 Å². The zero-order valence-corrected chi connectivity index (χ0v) is 13.6. The lowest BCUT2D eigenvalue weighted by atomic mass is 10.0. The number of ether oxygens (including phenoxy) is 1. The van der Waals surface area contributed by atoms with E-state index in [9.17, 15) is 9.59 Å². The minimum atomic E-state index is -0.224. The summed E-state index contributed by atoms with van der Waals surface area (Å²) in [5, 5.41) is 2.84. The standard InChI is InChI=1S/C16H18N2O3S/c1-10(16(20)21-3)8-12-4-6-13(7-5-12)18-15(19)14-11(2)17-9-22-14/h4-7,9-10H,8H2,1-3H3,(H,18,19). The maximum Gasteiger partial charge on any atom is 0.308 e. The number of nitrogens with zero attached hydrogens (tertiary/aromatic N) is 1. The minimum absolute atomic E-state index is 0.157. The van der Waals surface area contributed by atoms with Crippen molar-refractivity contribution >= 4 is 28.9 Å². The fourth-order valence-electron chi connectivity index (χ4n) is 2.07. The number of amides is 1. The van der Waals surface area contributed by atoms with Crippen LogP contribution in [0.1, 0.15) is 27.9 Å². The number of hydrogen-bond donors (Lipinski definition) is 1. The Hall–Kier alpha value is -2.21. The summed E-state index contributed by atoms with van der Waals surface area (Å²) in [4.78, 5) is 28.2. The average Bonchev–Trinajstić information content (AvgIpc) is 2.94. The highest BCUT2D eigenvalue weighted by Crippen LogP contribution is 2.17. The number of rotatable bonds is 5. The van der Waals surface area contributed by atoms with E-state index in [1.54, 1.807) is 5.51 Å². The molecular weight excluding hydrogens is 300 g/mol.